The van der Waals surface area contributed by atoms with E-state index in [0.29, 0.717) is 0 Å². The number of aliphatic hydroxyl groups is 4. The number of pyridine rings is 1. The second-order valence-corrected chi connectivity index (χ2v) is 4.02. The molecule has 1 aromatic rings. The minimum atomic E-state index is -2.17. The number of aromatic nitrogens is 1. The minimum Gasteiger partial charge on any atom is -0.419 e. The van der Waals surface area contributed by atoms with Gasteiger partial charge in [-0.25, -0.2) is 14.6 Å². The Labute approximate surface area is 112 Å². The van der Waals surface area contributed by atoms with Crippen molar-refractivity contribution in [2.24, 2.45) is 0 Å². The summed E-state index contributed by atoms with van der Waals surface area (Å²) >= 11 is 0. The summed E-state index contributed by atoms with van der Waals surface area (Å²) < 4.78 is 9.36. The predicted octanol–water partition coefficient (Wildman–Crippen LogP) is -2.65. The van der Waals surface area contributed by atoms with Crippen LogP contribution in [-0.2, 0) is 9.59 Å². The zero-order chi connectivity index (χ0) is 14.9. The fraction of sp³-hybridized carbons (Fsp3) is 0.364. The lowest BCUT2D eigenvalue weighted by Gasteiger charge is -2.25. The third kappa shape index (κ3) is 2.60. The zero-order valence-electron chi connectivity index (χ0n) is 9.91. The average Bonchev–Trinajstić information content (AvgIpc) is 2.45. The van der Waals surface area contributed by atoms with Gasteiger partial charge in [-0.2, -0.15) is 0 Å². The van der Waals surface area contributed by atoms with E-state index in [4.69, 9.17) is 4.74 Å². The van der Waals surface area contributed by atoms with Gasteiger partial charge in [0.1, 0.15) is 12.2 Å². The first-order valence-electron chi connectivity index (χ1n) is 5.52. The van der Waals surface area contributed by atoms with Crippen molar-refractivity contribution in [1.82, 2.24) is 4.98 Å². The van der Waals surface area contributed by atoms with E-state index in [1.54, 1.807) is 0 Å². The van der Waals surface area contributed by atoms with E-state index in [1.807, 2.05) is 0 Å². The van der Waals surface area contributed by atoms with Crippen molar-refractivity contribution in [1.29, 1.82) is 0 Å². The van der Waals surface area contributed by atoms with Crippen molar-refractivity contribution < 1.29 is 39.5 Å². The third-order valence-electron chi connectivity index (χ3n) is 2.62. The van der Waals surface area contributed by atoms with Crippen molar-refractivity contribution >= 4 is 11.9 Å². The molecular formula is C11H11NO8. The van der Waals surface area contributed by atoms with Crippen LogP contribution in [0, 0.1) is 0 Å². The van der Waals surface area contributed by atoms with Crippen LogP contribution in [0.25, 0.3) is 0 Å². The molecule has 0 saturated heterocycles. The van der Waals surface area contributed by atoms with E-state index >= 15 is 0 Å². The van der Waals surface area contributed by atoms with Gasteiger partial charge in [0.15, 0.2) is 18.0 Å². The monoisotopic (exact) mass is 285 g/mol. The normalized spacial score (nSPS) is 31.0. The lowest BCUT2D eigenvalue weighted by Crippen LogP contribution is -2.52. The van der Waals surface area contributed by atoms with Crippen molar-refractivity contribution in [3.05, 3.63) is 18.3 Å². The molecule has 2 heterocycles. The number of hydrogen-bond acceptors (Lipinski definition) is 9. The third-order valence-corrected chi connectivity index (χ3v) is 2.62. The van der Waals surface area contributed by atoms with Crippen LogP contribution >= 0.6 is 0 Å². The summed E-state index contributed by atoms with van der Waals surface area (Å²) in [5.41, 5.74) is 0. The maximum Gasteiger partial charge on any atom is 0.344 e. The van der Waals surface area contributed by atoms with E-state index in [2.05, 4.69) is 9.72 Å². The number of fused-ring (bicyclic) bond motifs is 1. The zero-order valence-corrected chi connectivity index (χ0v) is 9.91. The lowest BCUT2D eigenvalue weighted by atomic mass is 10.0. The number of aliphatic hydroxyl groups excluding tert-OH is 4. The maximum absolute atomic E-state index is 11.5. The molecule has 9 nitrogen and oxygen atoms in total. The fourth-order valence-corrected chi connectivity index (χ4v) is 1.51. The molecule has 108 valence electrons. The SMILES string of the molecule is O=C1Oc2cccnc2OC(=O)C(O)C(O)C(O)C1O. The molecule has 4 atom stereocenters. The summed E-state index contributed by atoms with van der Waals surface area (Å²) in [5.74, 6) is -3.31. The Morgan fingerprint density at radius 1 is 0.950 bits per heavy atom. The second-order valence-electron chi connectivity index (χ2n) is 4.02. The Morgan fingerprint density at radius 3 is 2.10 bits per heavy atom. The van der Waals surface area contributed by atoms with Gasteiger partial charge in [-0.3, -0.25) is 0 Å². The van der Waals surface area contributed by atoms with E-state index in [9.17, 15) is 30.0 Å². The molecule has 1 aromatic heterocycles. The highest BCUT2D eigenvalue weighted by molar-refractivity contribution is 5.81. The van der Waals surface area contributed by atoms with Crippen molar-refractivity contribution in [2.45, 2.75) is 24.4 Å². The maximum atomic E-state index is 11.5. The van der Waals surface area contributed by atoms with Crippen LogP contribution in [0.3, 0.4) is 0 Å². The fourth-order valence-electron chi connectivity index (χ4n) is 1.51. The number of carbonyl (C=O) groups is 2. The van der Waals surface area contributed by atoms with Gasteiger partial charge in [0.25, 0.3) is 5.88 Å². The topological polar surface area (TPSA) is 146 Å². The van der Waals surface area contributed by atoms with Crippen LogP contribution in [-0.4, -0.2) is 61.8 Å². The highest BCUT2D eigenvalue weighted by Crippen LogP contribution is 2.26. The Balaban J connectivity index is 2.42. The summed E-state index contributed by atoms with van der Waals surface area (Å²) in [7, 11) is 0. The molecular weight excluding hydrogens is 274 g/mol. The first kappa shape index (κ1) is 14.3. The Bertz CT molecular complexity index is 486. The summed E-state index contributed by atoms with van der Waals surface area (Å²) in [6.07, 6.45) is -7.34. The molecule has 0 aromatic carbocycles. The molecule has 0 fully saturated rings. The lowest BCUT2D eigenvalue weighted by molar-refractivity contribution is -0.171. The molecule has 0 bridgehead atoms. The van der Waals surface area contributed by atoms with Crippen LogP contribution in [0.5, 0.6) is 11.6 Å². The summed E-state index contributed by atoms with van der Waals surface area (Å²) in [6.45, 7) is 0. The smallest absolute Gasteiger partial charge is 0.344 e. The number of rotatable bonds is 0. The molecule has 0 spiro atoms. The minimum absolute atomic E-state index is 0.277. The van der Waals surface area contributed by atoms with E-state index in [-0.39, 0.29) is 5.75 Å². The molecule has 4 unspecified atom stereocenters. The van der Waals surface area contributed by atoms with Crippen LogP contribution in [0.2, 0.25) is 0 Å². The molecule has 1 aliphatic rings. The highest BCUT2D eigenvalue weighted by atomic mass is 16.6. The van der Waals surface area contributed by atoms with Crippen LogP contribution < -0.4 is 9.47 Å². The van der Waals surface area contributed by atoms with Gasteiger partial charge in [-0.1, -0.05) is 0 Å². The highest BCUT2D eigenvalue weighted by Gasteiger charge is 2.40. The van der Waals surface area contributed by atoms with Gasteiger partial charge in [0, 0.05) is 6.20 Å². The number of esters is 2. The van der Waals surface area contributed by atoms with Crippen molar-refractivity contribution in [3.63, 3.8) is 0 Å². The van der Waals surface area contributed by atoms with Gasteiger partial charge in [-0.15, -0.1) is 0 Å². The van der Waals surface area contributed by atoms with Gasteiger partial charge in [0.2, 0.25) is 0 Å². The quantitative estimate of drug-likeness (QED) is 0.375. The van der Waals surface area contributed by atoms with Gasteiger partial charge in [-0.05, 0) is 12.1 Å². The Hall–Kier alpha value is -2.07. The molecule has 1 aliphatic heterocycles. The van der Waals surface area contributed by atoms with E-state index in [0.717, 1.165) is 0 Å². The largest absolute Gasteiger partial charge is 0.419 e. The molecule has 0 radical (unpaired) electrons. The molecule has 0 saturated carbocycles. The van der Waals surface area contributed by atoms with Crippen LogP contribution in [0.15, 0.2) is 18.3 Å². The van der Waals surface area contributed by atoms with E-state index < -0.39 is 42.2 Å². The molecule has 0 amide bonds. The first-order chi connectivity index (χ1) is 9.41. The second kappa shape index (κ2) is 5.51. The Kier molecular flexibility index (Phi) is 3.95. The summed E-state index contributed by atoms with van der Waals surface area (Å²) in [6, 6.07) is 2.61. The average molecular weight is 285 g/mol. The number of hydrogen-bond donors (Lipinski definition) is 4. The van der Waals surface area contributed by atoms with E-state index in [1.165, 1.54) is 18.3 Å². The molecule has 20 heavy (non-hydrogen) atoms. The molecule has 4 N–H and O–H groups in total. The van der Waals surface area contributed by atoms with Gasteiger partial charge < -0.3 is 29.9 Å². The van der Waals surface area contributed by atoms with Crippen LogP contribution in [0.1, 0.15) is 0 Å². The van der Waals surface area contributed by atoms with Gasteiger partial charge >= 0.3 is 11.9 Å². The number of nitrogens with zero attached hydrogens (tertiary/aromatic N) is 1. The Morgan fingerprint density at radius 2 is 1.50 bits per heavy atom. The molecule has 2 rings (SSSR count). The van der Waals surface area contributed by atoms with Gasteiger partial charge in [0.05, 0.1) is 0 Å². The number of ether oxygens (including phenoxy) is 2. The van der Waals surface area contributed by atoms with Crippen LogP contribution in [0.4, 0.5) is 0 Å². The summed E-state index contributed by atoms with van der Waals surface area (Å²) in [4.78, 5) is 26.7. The standard InChI is InChI=1S/C11H11NO8/c13-5-6(14)8(16)11(18)20-9-4(2-1-3-12-9)19-10(17)7(5)15/h1-3,5-8,13-16H. The first-order valence-corrected chi connectivity index (χ1v) is 5.52. The van der Waals surface area contributed by atoms with Crippen molar-refractivity contribution in [2.75, 3.05) is 0 Å². The predicted molar refractivity (Wildman–Crippen MR) is 59.5 cm³/mol. The van der Waals surface area contributed by atoms with Crippen molar-refractivity contribution in [3.8, 4) is 11.6 Å². The molecule has 9 heteroatoms. The molecule has 0 aliphatic carbocycles. The summed E-state index contributed by atoms with van der Waals surface area (Å²) in [5, 5.41) is 38.0. The number of carbonyl (C=O) groups excluding carboxylic acids is 2.